The third-order valence-corrected chi connectivity index (χ3v) is 3.38. The molecule has 112 valence electrons. The number of benzene rings is 1. The lowest BCUT2D eigenvalue weighted by molar-refractivity contribution is -0.0387. The van der Waals surface area contributed by atoms with Crippen LogP contribution in [0.5, 0.6) is 0 Å². The fourth-order valence-electron chi connectivity index (χ4n) is 2.28. The van der Waals surface area contributed by atoms with E-state index in [0.717, 1.165) is 0 Å². The normalized spacial score (nSPS) is 21.6. The van der Waals surface area contributed by atoms with Gasteiger partial charge in [-0.15, -0.1) is 0 Å². The Morgan fingerprint density at radius 3 is 3.00 bits per heavy atom. The third kappa shape index (κ3) is 3.60. The van der Waals surface area contributed by atoms with E-state index in [4.69, 9.17) is 9.84 Å². The van der Waals surface area contributed by atoms with Crippen LogP contribution in [0.2, 0.25) is 0 Å². The molecule has 0 spiro atoms. The van der Waals surface area contributed by atoms with Crippen LogP contribution in [0.15, 0.2) is 18.2 Å². The molecule has 2 rings (SSSR count). The number of carbonyl (C=O) groups is 1. The van der Waals surface area contributed by atoms with Gasteiger partial charge in [-0.1, -0.05) is 11.8 Å². The summed E-state index contributed by atoms with van der Waals surface area (Å²) in [6.45, 7) is 4.39. The Morgan fingerprint density at radius 1 is 1.52 bits per heavy atom. The fourth-order valence-corrected chi connectivity index (χ4v) is 2.28. The summed E-state index contributed by atoms with van der Waals surface area (Å²) in [5.74, 6) is 4.43. The predicted molar refractivity (Wildman–Crippen MR) is 76.3 cm³/mol. The minimum absolute atomic E-state index is 0.0503. The first-order chi connectivity index (χ1) is 10.0. The van der Waals surface area contributed by atoms with Gasteiger partial charge in [0.15, 0.2) is 0 Å². The van der Waals surface area contributed by atoms with Gasteiger partial charge in [0.2, 0.25) is 0 Å². The summed E-state index contributed by atoms with van der Waals surface area (Å²) in [6, 6.07) is 3.83. The highest BCUT2D eigenvalue weighted by Gasteiger charge is 2.29. The maximum atomic E-state index is 13.5. The third-order valence-electron chi connectivity index (χ3n) is 3.38. The first-order valence-electron chi connectivity index (χ1n) is 6.84. The van der Waals surface area contributed by atoms with Gasteiger partial charge in [-0.3, -0.25) is 4.79 Å². The Hall–Kier alpha value is -1.90. The summed E-state index contributed by atoms with van der Waals surface area (Å²) in [7, 11) is 0. The van der Waals surface area contributed by atoms with Gasteiger partial charge < -0.3 is 14.7 Å². The van der Waals surface area contributed by atoms with Crippen molar-refractivity contribution >= 4 is 5.91 Å². The van der Waals surface area contributed by atoms with Crippen molar-refractivity contribution < 1.29 is 19.0 Å². The minimum Gasteiger partial charge on any atom is -0.384 e. The van der Waals surface area contributed by atoms with Crippen molar-refractivity contribution in [3.63, 3.8) is 0 Å². The van der Waals surface area contributed by atoms with E-state index in [1.807, 2.05) is 13.8 Å². The largest absolute Gasteiger partial charge is 0.384 e. The van der Waals surface area contributed by atoms with Crippen LogP contribution in [0, 0.1) is 17.7 Å². The van der Waals surface area contributed by atoms with Crippen LogP contribution in [-0.4, -0.2) is 47.8 Å². The number of halogens is 1. The molecule has 0 bridgehead atoms. The molecule has 1 heterocycles. The fraction of sp³-hybridized carbons (Fsp3) is 0.438. The zero-order valence-electron chi connectivity index (χ0n) is 12.1. The molecule has 1 aromatic rings. The second kappa shape index (κ2) is 6.70. The molecule has 4 nitrogen and oxygen atoms in total. The van der Waals surface area contributed by atoms with E-state index >= 15 is 0 Å². The average Bonchev–Trinajstić information content (AvgIpc) is 2.47. The molecule has 1 amide bonds. The maximum absolute atomic E-state index is 13.5. The summed E-state index contributed by atoms with van der Waals surface area (Å²) in [5, 5.41) is 8.78. The van der Waals surface area contributed by atoms with Crippen LogP contribution in [-0.2, 0) is 4.74 Å². The molecule has 0 radical (unpaired) electrons. The minimum atomic E-state index is -0.484. The van der Waals surface area contributed by atoms with Gasteiger partial charge in [0.25, 0.3) is 5.91 Å². The van der Waals surface area contributed by atoms with Gasteiger partial charge in [-0.25, -0.2) is 4.39 Å². The second-order valence-electron chi connectivity index (χ2n) is 5.10. The van der Waals surface area contributed by atoms with Crippen molar-refractivity contribution in [1.82, 2.24) is 4.90 Å². The first-order valence-corrected chi connectivity index (χ1v) is 6.84. The van der Waals surface area contributed by atoms with Crippen molar-refractivity contribution in [2.45, 2.75) is 26.0 Å². The van der Waals surface area contributed by atoms with Crippen LogP contribution in [0.3, 0.4) is 0 Å². The summed E-state index contributed by atoms with van der Waals surface area (Å²) >= 11 is 0. The van der Waals surface area contributed by atoms with E-state index in [-0.39, 0.29) is 30.2 Å². The number of hydrogen-bond acceptors (Lipinski definition) is 3. The molecule has 1 aliphatic rings. The van der Waals surface area contributed by atoms with Gasteiger partial charge in [0.1, 0.15) is 12.4 Å². The van der Waals surface area contributed by atoms with Crippen molar-refractivity contribution in [2.75, 3.05) is 19.8 Å². The van der Waals surface area contributed by atoms with Gasteiger partial charge >= 0.3 is 0 Å². The van der Waals surface area contributed by atoms with Crippen LogP contribution in [0.1, 0.15) is 29.8 Å². The lowest BCUT2D eigenvalue weighted by Gasteiger charge is -2.37. The number of amides is 1. The predicted octanol–water partition coefficient (Wildman–Crippen LogP) is 1.42. The SMILES string of the molecule is CC1CN(C(=O)c2cc(F)ccc2C#CCO)C(C)CO1. The number of morpholine rings is 1. The molecule has 0 aromatic heterocycles. The highest BCUT2D eigenvalue weighted by Crippen LogP contribution is 2.18. The van der Waals surface area contributed by atoms with Crippen molar-refractivity contribution in [3.8, 4) is 11.8 Å². The lowest BCUT2D eigenvalue weighted by Crippen LogP contribution is -2.50. The highest BCUT2D eigenvalue weighted by molar-refractivity contribution is 5.97. The van der Waals surface area contributed by atoms with Crippen molar-refractivity contribution in [3.05, 3.63) is 35.1 Å². The number of aliphatic hydroxyl groups is 1. The van der Waals surface area contributed by atoms with E-state index in [1.54, 1.807) is 4.90 Å². The smallest absolute Gasteiger partial charge is 0.255 e. The molecule has 0 aliphatic carbocycles. The van der Waals surface area contributed by atoms with Gasteiger partial charge in [-0.05, 0) is 32.0 Å². The Balaban J connectivity index is 2.35. The molecule has 1 fully saturated rings. The molecular weight excluding hydrogens is 273 g/mol. The van der Waals surface area contributed by atoms with E-state index < -0.39 is 5.82 Å². The van der Waals surface area contributed by atoms with Crippen LogP contribution < -0.4 is 0 Å². The Kier molecular flexibility index (Phi) is 4.94. The highest BCUT2D eigenvalue weighted by atomic mass is 19.1. The Labute approximate surface area is 123 Å². The van der Waals surface area contributed by atoms with Gasteiger partial charge in [0, 0.05) is 12.1 Å². The van der Waals surface area contributed by atoms with Crippen molar-refractivity contribution in [1.29, 1.82) is 0 Å². The Bertz CT molecular complexity index is 591. The quantitative estimate of drug-likeness (QED) is 0.796. The second-order valence-corrected chi connectivity index (χ2v) is 5.10. The van der Waals surface area contributed by atoms with Gasteiger partial charge in [-0.2, -0.15) is 0 Å². The van der Waals surface area contributed by atoms with E-state index in [2.05, 4.69) is 11.8 Å². The lowest BCUT2D eigenvalue weighted by atomic mass is 10.0. The molecule has 1 N–H and O–H groups in total. The topological polar surface area (TPSA) is 49.8 Å². The standard InChI is InChI=1S/C16H18FNO3/c1-11-10-21-12(2)9-18(11)16(20)15-8-14(17)6-5-13(15)4-3-7-19/h5-6,8,11-12,19H,7,9-10H2,1-2H3. The van der Waals surface area contributed by atoms with E-state index in [1.165, 1.54) is 18.2 Å². The average molecular weight is 291 g/mol. The molecule has 21 heavy (non-hydrogen) atoms. The first kappa shape index (κ1) is 15.5. The number of ether oxygens (including phenoxy) is 1. The molecule has 1 saturated heterocycles. The molecule has 2 atom stereocenters. The van der Waals surface area contributed by atoms with Gasteiger partial charge in [0.05, 0.1) is 24.3 Å². The molecule has 1 aliphatic heterocycles. The number of rotatable bonds is 1. The summed E-state index contributed by atoms with van der Waals surface area (Å²) in [4.78, 5) is 14.3. The van der Waals surface area contributed by atoms with E-state index in [9.17, 15) is 9.18 Å². The molecule has 5 heteroatoms. The zero-order valence-corrected chi connectivity index (χ0v) is 12.1. The molecule has 1 aromatic carbocycles. The number of hydrogen-bond donors (Lipinski definition) is 1. The molecule has 2 unspecified atom stereocenters. The number of aliphatic hydroxyl groups excluding tert-OH is 1. The summed E-state index contributed by atoms with van der Waals surface area (Å²) in [5.41, 5.74) is 0.638. The van der Waals surface area contributed by atoms with Crippen LogP contribution in [0.4, 0.5) is 4.39 Å². The van der Waals surface area contributed by atoms with Crippen LogP contribution >= 0.6 is 0 Å². The summed E-state index contributed by atoms with van der Waals surface area (Å²) in [6.07, 6.45) is -0.0503. The van der Waals surface area contributed by atoms with Crippen LogP contribution in [0.25, 0.3) is 0 Å². The van der Waals surface area contributed by atoms with Crippen molar-refractivity contribution in [2.24, 2.45) is 0 Å². The number of nitrogens with zero attached hydrogens (tertiary/aromatic N) is 1. The Morgan fingerprint density at radius 2 is 2.29 bits per heavy atom. The molecular formula is C16H18FNO3. The molecule has 0 saturated carbocycles. The maximum Gasteiger partial charge on any atom is 0.255 e. The summed E-state index contributed by atoms with van der Waals surface area (Å²) < 4.78 is 19.0. The number of carbonyl (C=O) groups excluding carboxylic acids is 1. The zero-order chi connectivity index (χ0) is 15.4. The van der Waals surface area contributed by atoms with E-state index in [0.29, 0.717) is 18.7 Å². The monoisotopic (exact) mass is 291 g/mol.